The van der Waals surface area contributed by atoms with Crippen LogP contribution >= 0.6 is 11.6 Å². The number of anilines is 2. The molecule has 0 bridgehead atoms. The Morgan fingerprint density at radius 3 is 2.53 bits per heavy atom. The third-order valence-corrected chi connectivity index (χ3v) is 12.5. The van der Waals surface area contributed by atoms with Crippen molar-refractivity contribution in [1.82, 2.24) is 9.80 Å². The molecule has 0 aromatic heterocycles. The molecule has 8 heteroatoms. The van der Waals surface area contributed by atoms with Crippen LogP contribution < -0.4 is 10.2 Å². The first-order valence-corrected chi connectivity index (χ1v) is 20.0. The van der Waals surface area contributed by atoms with Gasteiger partial charge in [-0.3, -0.25) is 14.6 Å². The number of carbonyl (C=O) groups is 2. The molecular weight excluding hydrogens is 656 g/mol. The molecule has 0 amide bonds. The van der Waals surface area contributed by atoms with Gasteiger partial charge in [0.1, 0.15) is 11.9 Å². The molecule has 0 spiro atoms. The highest BCUT2D eigenvalue weighted by atomic mass is 35.5. The number of nitrogens with one attached hydrogen (secondary N) is 1. The standard InChI is InChI=1S/C43H63ClN4O3/c1-31(2)47-22-10-20-46(23-24-47)30-43(51-6,19-9-11-32(3)33(4)29-49)40-17-14-38(40)28-48-21-8-7-12-36-25-39(44)16-13-37(36)27-45-41-18-15-35(34(5)50)26-42(41)48/h9,13,15-16,18-19,25-26,29,31-33,38,40,45H,7-8,10-12,14,17,20-24,27-28,30H2,1-6H3/b19-9+/t32-,33-,38-,40+,43+/m0/s1. The molecule has 1 N–H and O–H groups in total. The van der Waals surface area contributed by atoms with E-state index in [2.05, 4.69) is 77.2 Å². The van der Waals surface area contributed by atoms with Gasteiger partial charge >= 0.3 is 0 Å². The lowest BCUT2D eigenvalue weighted by Crippen LogP contribution is -2.56. The summed E-state index contributed by atoms with van der Waals surface area (Å²) in [5.74, 6) is 1.19. The zero-order valence-electron chi connectivity index (χ0n) is 32.1. The molecule has 2 aromatic rings. The maximum Gasteiger partial charge on any atom is 0.159 e. The Hall–Kier alpha value is -2.71. The number of Topliss-reactive ketones (excluding diaryl/α,β-unsaturated/α-hetero) is 1. The second-order valence-electron chi connectivity index (χ2n) is 15.9. The van der Waals surface area contributed by atoms with E-state index in [1.807, 2.05) is 26.2 Å². The molecule has 1 aliphatic carbocycles. The van der Waals surface area contributed by atoms with Crippen molar-refractivity contribution in [3.63, 3.8) is 0 Å². The van der Waals surface area contributed by atoms with Crippen molar-refractivity contribution in [3.8, 4) is 0 Å². The topological polar surface area (TPSA) is 65.1 Å². The summed E-state index contributed by atoms with van der Waals surface area (Å²) in [5, 5.41) is 4.54. The van der Waals surface area contributed by atoms with Gasteiger partial charge in [-0.05, 0) is 138 Å². The lowest BCUT2D eigenvalue weighted by Gasteiger charge is -2.51. The Bertz CT molecular complexity index is 1500. The summed E-state index contributed by atoms with van der Waals surface area (Å²) in [6, 6.07) is 13.0. The predicted octanol–water partition coefficient (Wildman–Crippen LogP) is 8.54. The Balaban J connectivity index is 1.43. The maximum atomic E-state index is 12.7. The van der Waals surface area contributed by atoms with E-state index in [0.717, 1.165) is 119 Å². The Morgan fingerprint density at radius 1 is 1.00 bits per heavy atom. The van der Waals surface area contributed by atoms with Gasteiger partial charge in [-0.15, -0.1) is 0 Å². The molecule has 2 fully saturated rings. The first-order valence-electron chi connectivity index (χ1n) is 19.6. The van der Waals surface area contributed by atoms with Crippen LogP contribution in [0.15, 0.2) is 48.6 Å². The normalized spacial score (nSPS) is 23.2. The van der Waals surface area contributed by atoms with Crippen molar-refractivity contribution < 1.29 is 14.3 Å². The summed E-state index contributed by atoms with van der Waals surface area (Å²) in [5.41, 5.74) is 5.08. The summed E-state index contributed by atoms with van der Waals surface area (Å²) in [6.07, 6.45) is 13.2. The number of fused-ring (bicyclic) bond motifs is 2. The minimum atomic E-state index is -0.419. The summed E-state index contributed by atoms with van der Waals surface area (Å²) in [7, 11) is 1.91. The number of rotatable bonds is 13. The van der Waals surface area contributed by atoms with Gasteiger partial charge in [-0.2, -0.15) is 0 Å². The number of ketones is 1. The van der Waals surface area contributed by atoms with Gasteiger partial charge in [-0.1, -0.05) is 43.7 Å². The first-order chi connectivity index (χ1) is 24.5. The average molecular weight is 719 g/mol. The summed E-state index contributed by atoms with van der Waals surface area (Å²) in [4.78, 5) is 32.0. The quantitative estimate of drug-likeness (QED) is 0.127. The smallest absolute Gasteiger partial charge is 0.159 e. The predicted molar refractivity (Wildman–Crippen MR) is 212 cm³/mol. The fourth-order valence-corrected chi connectivity index (χ4v) is 8.61. The second-order valence-corrected chi connectivity index (χ2v) is 16.4. The average Bonchev–Trinajstić information content (AvgIpc) is 3.36. The number of ether oxygens (including phenoxy) is 1. The number of aryl methyl sites for hydroxylation is 1. The van der Waals surface area contributed by atoms with Gasteiger partial charge in [0.15, 0.2) is 5.78 Å². The second kappa shape index (κ2) is 18.4. The molecule has 3 aliphatic rings. The Labute approximate surface area is 313 Å². The van der Waals surface area contributed by atoms with Gasteiger partial charge in [0.25, 0.3) is 0 Å². The zero-order chi connectivity index (χ0) is 36.5. The maximum absolute atomic E-state index is 12.7. The van der Waals surface area contributed by atoms with Crippen molar-refractivity contribution in [2.24, 2.45) is 23.7 Å². The number of hydrogen-bond donors (Lipinski definition) is 1. The van der Waals surface area contributed by atoms with E-state index in [1.54, 1.807) is 6.92 Å². The van der Waals surface area contributed by atoms with Crippen molar-refractivity contribution in [2.75, 3.05) is 63.1 Å². The minimum Gasteiger partial charge on any atom is -0.379 e. The van der Waals surface area contributed by atoms with Crippen LogP contribution in [0, 0.1) is 23.7 Å². The van der Waals surface area contributed by atoms with Crippen molar-refractivity contribution in [1.29, 1.82) is 0 Å². The van der Waals surface area contributed by atoms with Gasteiger partial charge < -0.3 is 19.7 Å². The van der Waals surface area contributed by atoms with E-state index in [9.17, 15) is 9.59 Å². The Morgan fingerprint density at radius 2 is 1.82 bits per heavy atom. The first kappa shape index (κ1) is 39.5. The number of carbonyl (C=O) groups excluding carboxylic acids is 2. The number of allylic oxidation sites excluding steroid dienone is 1. The van der Waals surface area contributed by atoms with Crippen LogP contribution in [0.5, 0.6) is 0 Å². The van der Waals surface area contributed by atoms with E-state index >= 15 is 0 Å². The number of aldehydes is 1. The molecule has 5 atom stereocenters. The lowest BCUT2D eigenvalue weighted by molar-refractivity contribution is -0.111. The summed E-state index contributed by atoms with van der Waals surface area (Å²) in [6.45, 7) is 18.2. The van der Waals surface area contributed by atoms with Gasteiger partial charge in [0.2, 0.25) is 0 Å². The van der Waals surface area contributed by atoms with Crippen LogP contribution in [0.25, 0.3) is 0 Å². The van der Waals surface area contributed by atoms with Crippen LogP contribution in [0.1, 0.15) is 94.6 Å². The van der Waals surface area contributed by atoms with Gasteiger partial charge in [0.05, 0.1) is 11.4 Å². The van der Waals surface area contributed by atoms with Crippen LogP contribution in [0.4, 0.5) is 11.4 Å². The highest BCUT2D eigenvalue weighted by Crippen LogP contribution is 2.46. The summed E-state index contributed by atoms with van der Waals surface area (Å²) < 4.78 is 6.71. The minimum absolute atomic E-state index is 0.0265. The van der Waals surface area contributed by atoms with Crippen molar-refractivity contribution in [3.05, 3.63) is 70.3 Å². The largest absolute Gasteiger partial charge is 0.379 e. The molecular formula is C43H63ClN4O3. The highest BCUT2D eigenvalue weighted by Gasteiger charge is 2.48. The van der Waals surface area contributed by atoms with Gasteiger partial charge in [0, 0.05) is 68.9 Å². The number of hydrogen-bond acceptors (Lipinski definition) is 7. The molecule has 2 aromatic carbocycles. The molecule has 51 heavy (non-hydrogen) atoms. The van der Waals surface area contributed by atoms with Crippen molar-refractivity contribution >= 4 is 35.0 Å². The number of nitrogens with zero attached hydrogens (tertiary/aromatic N) is 3. The number of methoxy groups -OCH3 is 1. The molecule has 2 aliphatic heterocycles. The summed E-state index contributed by atoms with van der Waals surface area (Å²) >= 11 is 6.43. The Kier molecular flexibility index (Phi) is 14.2. The zero-order valence-corrected chi connectivity index (χ0v) is 32.9. The molecule has 0 radical (unpaired) electrons. The van der Waals surface area contributed by atoms with E-state index < -0.39 is 5.60 Å². The fraction of sp³-hybridized carbons (Fsp3) is 0.628. The van der Waals surface area contributed by atoms with Gasteiger partial charge in [-0.25, -0.2) is 0 Å². The van der Waals surface area contributed by atoms with E-state index in [0.29, 0.717) is 24.4 Å². The fourth-order valence-electron chi connectivity index (χ4n) is 8.42. The van der Waals surface area contributed by atoms with E-state index in [4.69, 9.17) is 16.3 Å². The monoisotopic (exact) mass is 718 g/mol. The number of benzene rings is 2. The number of halogens is 1. The third kappa shape index (κ3) is 10.0. The van der Waals surface area contributed by atoms with Crippen LogP contribution in [-0.4, -0.2) is 86.4 Å². The highest BCUT2D eigenvalue weighted by molar-refractivity contribution is 6.30. The lowest BCUT2D eigenvalue weighted by atomic mass is 9.63. The van der Waals surface area contributed by atoms with Crippen molar-refractivity contribution in [2.45, 2.75) is 97.8 Å². The molecule has 5 rings (SSSR count). The molecule has 2 heterocycles. The SMILES string of the molecule is CO[C@](/C=C/C[C@H](C)[C@@H](C)C=O)(CN1CCCN(C(C)C)CC1)[C@@H]1CC[C@H]1CN1CCCCc2cc(Cl)ccc2CNc2ccc(C(C)=O)cc21. The van der Waals surface area contributed by atoms with Crippen LogP contribution in [0.2, 0.25) is 5.02 Å². The molecule has 0 unspecified atom stereocenters. The molecule has 1 saturated carbocycles. The van der Waals surface area contributed by atoms with Crippen LogP contribution in [0.3, 0.4) is 0 Å². The molecule has 7 nitrogen and oxygen atoms in total. The van der Waals surface area contributed by atoms with E-state index in [-0.39, 0.29) is 17.6 Å². The molecule has 1 saturated heterocycles. The molecule has 280 valence electrons. The third-order valence-electron chi connectivity index (χ3n) is 12.2. The van der Waals surface area contributed by atoms with Crippen LogP contribution in [-0.2, 0) is 22.5 Å². The van der Waals surface area contributed by atoms with E-state index in [1.165, 1.54) is 11.1 Å².